The lowest BCUT2D eigenvalue weighted by Crippen LogP contribution is -2.63. The monoisotopic (exact) mass is 261 g/mol. The van der Waals surface area contributed by atoms with E-state index in [1.54, 1.807) is 0 Å². The molecule has 0 aromatic carbocycles. The van der Waals surface area contributed by atoms with E-state index < -0.39 is 0 Å². The van der Waals surface area contributed by atoms with Gasteiger partial charge in [0.05, 0.1) is 12.2 Å². The molecule has 1 aromatic rings. The van der Waals surface area contributed by atoms with Crippen molar-refractivity contribution >= 4 is 0 Å². The van der Waals surface area contributed by atoms with E-state index in [0.717, 1.165) is 32.8 Å². The molecule has 3 heterocycles. The Bertz CT molecular complexity index is 395. The van der Waals surface area contributed by atoms with Gasteiger partial charge in [-0.05, 0) is 37.4 Å². The maximum atomic E-state index is 6.06. The number of ether oxygens (including phenoxy) is 1. The van der Waals surface area contributed by atoms with E-state index in [-0.39, 0.29) is 5.60 Å². The standard InChI is InChI=1S/C15H23N3O/c1-18(8-13-3-2-6-16-7-13)9-14-4-5-15(19-10-14)11-17-12-15/h2-3,6-7,14,17H,4-5,8-12H2,1H3. The summed E-state index contributed by atoms with van der Waals surface area (Å²) in [5.74, 6) is 0.674. The fourth-order valence-corrected chi connectivity index (χ4v) is 3.05. The molecule has 2 saturated heterocycles. The van der Waals surface area contributed by atoms with Gasteiger partial charge in [0.25, 0.3) is 0 Å². The van der Waals surface area contributed by atoms with Crippen molar-refractivity contribution in [3.63, 3.8) is 0 Å². The van der Waals surface area contributed by atoms with Crippen LogP contribution in [0.15, 0.2) is 24.5 Å². The van der Waals surface area contributed by atoms with E-state index in [1.165, 1.54) is 18.4 Å². The van der Waals surface area contributed by atoms with Crippen molar-refractivity contribution in [2.45, 2.75) is 25.0 Å². The summed E-state index contributed by atoms with van der Waals surface area (Å²) in [5, 5.41) is 3.32. The van der Waals surface area contributed by atoms with E-state index in [2.05, 4.69) is 28.3 Å². The van der Waals surface area contributed by atoms with E-state index in [4.69, 9.17) is 4.74 Å². The van der Waals surface area contributed by atoms with Gasteiger partial charge >= 0.3 is 0 Å². The quantitative estimate of drug-likeness (QED) is 0.886. The molecule has 0 radical (unpaired) electrons. The number of nitrogens with zero attached hydrogens (tertiary/aromatic N) is 2. The Morgan fingerprint density at radius 3 is 3.00 bits per heavy atom. The number of rotatable bonds is 4. The van der Waals surface area contributed by atoms with Crippen LogP contribution in [0.25, 0.3) is 0 Å². The highest BCUT2D eigenvalue weighted by molar-refractivity contribution is 5.08. The summed E-state index contributed by atoms with van der Waals surface area (Å²) in [5.41, 5.74) is 1.47. The highest BCUT2D eigenvalue weighted by Crippen LogP contribution is 2.31. The van der Waals surface area contributed by atoms with Crippen molar-refractivity contribution in [1.29, 1.82) is 0 Å². The first-order chi connectivity index (χ1) is 9.26. The average Bonchev–Trinajstić information content (AvgIpc) is 2.39. The lowest BCUT2D eigenvalue weighted by molar-refractivity contribution is -0.131. The molecule has 1 N–H and O–H groups in total. The minimum atomic E-state index is 0.193. The molecule has 0 aliphatic carbocycles. The molecule has 1 spiro atoms. The fourth-order valence-electron chi connectivity index (χ4n) is 3.05. The summed E-state index contributed by atoms with van der Waals surface area (Å²) >= 11 is 0. The van der Waals surface area contributed by atoms with Crippen molar-refractivity contribution < 1.29 is 4.74 Å². The van der Waals surface area contributed by atoms with Crippen molar-refractivity contribution in [2.24, 2.45) is 5.92 Å². The van der Waals surface area contributed by atoms with Crippen LogP contribution >= 0.6 is 0 Å². The molecule has 3 rings (SSSR count). The number of hydrogen-bond donors (Lipinski definition) is 1. The summed E-state index contributed by atoms with van der Waals surface area (Å²) in [7, 11) is 2.18. The highest BCUT2D eigenvalue weighted by atomic mass is 16.5. The third-order valence-electron chi connectivity index (χ3n) is 4.27. The van der Waals surface area contributed by atoms with Crippen molar-refractivity contribution in [3.05, 3.63) is 30.1 Å². The Morgan fingerprint density at radius 2 is 2.42 bits per heavy atom. The van der Waals surface area contributed by atoms with Crippen molar-refractivity contribution in [3.8, 4) is 0 Å². The van der Waals surface area contributed by atoms with Gasteiger partial charge in [-0.25, -0.2) is 0 Å². The van der Waals surface area contributed by atoms with Crippen LogP contribution in [0.3, 0.4) is 0 Å². The molecule has 1 atom stereocenters. The van der Waals surface area contributed by atoms with E-state index >= 15 is 0 Å². The SMILES string of the molecule is CN(Cc1cccnc1)CC1CCC2(CNC2)OC1. The zero-order chi connectivity index (χ0) is 13.1. The van der Waals surface area contributed by atoms with Crippen LogP contribution in [0.5, 0.6) is 0 Å². The summed E-state index contributed by atoms with van der Waals surface area (Å²) in [4.78, 5) is 6.54. The van der Waals surface area contributed by atoms with Crippen LogP contribution in [0.4, 0.5) is 0 Å². The second-order valence-corrected chi connectivity index (χ2v) is 6.06. The van der Waals surface area contributed by atoms with Gasteiger partial charge in [-0.3, -0.25) is 4.98 Å². The summed E-state index contributed by atoms with van der Waals surface area (Å²) in [6.45, 7) is 5.09. The summed E-state index contributed by atoms with van der Waals surface area (Å²) < 4.78 is 6.06. The molecule has 1 unspecified atom stereocenters. The third kappa shape index (κ3) is 3.14. The lowest BCUT2D eigenvalue weighted by atomic mass is 9.84. The van der Waals surface area contributed by atoms with Crippen LogP contribution in [-0.2, 0) is 11.3 Å². The van der Waals surface area contributed by atoms with E-state index in [9.17, 15) is 0 Å². The Balaban J connectivity index is 1.44. The number of pyridine rings is 1. The third-order valence-corrected chi connectivity index (χ3v) is 4.27. The van der Waals surface area contributed by atoms with E-state index in [0.29, 0.717) is 5.92 Å². The summed E-state index contributed by atoms with van der Waals surface area (Å²) in [6, 6.07) is 4.14. The van der Waals surface area contributed by atoms with Gasteiger partial charge in [0, 0.05) is 38.6 Å². The van der Waals surface area contributed by atoms with E-state index in [1.807, 2.05) is 18.5 Å². The molecule has 0 saturated carbocycles. The minimum absolute atomic E-state index is 0.193. The lowest BCUT2D eigenvalue weighted by Gasteiger charge is -2.47. The van der Waals surface area contributed by atoms with Gasteiger partial charge < -0.3 is 15.0 Å². The predicted molar refractivity (Wildman–Crippen MR) is 74.8 cm³/mol. The van der Waals surface area contributed by atoms with Crippen LogP contribution in [-0.4, -0.2) is 48.8 Å². The summed E-state index contributed by atoms with van der Waals surface area (Å²) in [6.07, 6.45) is 6.28. The Hall–Kier alpha value is -0.970. The largest absolute Gasteiger partial charge is 0.372 e. The first-order valence-electron chi connectivity index (χ1n) is 7.18. The maximum absolute atomic E-state index is 6.06. The fraction of sp³-hybridized carbons (Fsp3) is 0.667. The van der Waals surface area contributed by atoms with Crippen LogP contribution < -0.4 is 5.32 Å². The van der Waals surface area contributed by atoms with Crippen molar-refractivity contribution in [1.82, 2.24) is 15.2 Å². The number of aromatic nitrogens is 1. The second kappa shape index (κ2) is 5.57. The predicted octanol–water partition coefficient (Wildman–Crippen LogP) is 1.28. The second-order valence-electron chi connectivity index (χ2n) is 6.06. The highest BCUT2D eigenvalue weighted by Gasteiger charge is 2.41. The van der Waals surface area contributed by atoms with Crippen molar-refractivity contribution in [2.75, 3.05) is 33.3 Å². The number of nitrogens with one attached hydrogen (secondary N) is 1. The van der Waals surface area contributed by atoms with Gasteiger partial charge in [-0.2, -0.15) is 0 Å². The molecule has 19 heavy (non-hydrogen) atoms. The molecular weight excluding hydrogens is 238 g/mol. The Kier molecular flexibility index (Phi) is 3.82. The molecular formula is C15H23N3O. The molecule has 104 valence electrons. The molecule has 1 aromatic heterocycles. The topological polar surface area (TPSA) is 37.4 Å². The van der Waals surface area contributed by atoms with Gasteiger partial charge in [0.15, 0.2) is 0 Å². The molecule has 0 bridgehead atoms. The molecule has 2 aliphatic rings. The zero-order valence-corrected chi connectivity index (χ0v) is 11.6. The van der Waals surface area contributed by atoms with Gasteiger partial charge in [-0.1, -0.05) is 6.07 Å². The van der Waals surface area contributed by atoms with Crippen LogP contribution in [0.2, 0.25) is 0 Å². The minimum Gasteiger partial charge on any atom is -0.372 e. The normalized spacial score (nSPS) is 25.5. The molecule has 4 nitrogen and oxygen atoms in total. The zero-order valence-electron chi connectivity index (χ0n) is 11.6. The molecule has 4 heteroatoms. The van der Waals surface area contributed by atoms with Gasteiger partial charge in [0.2, 0.25) is 0 Å². The first kappa shape index (κ1) is 13.0. The average molecular weight is 261 g/mol. The Morgan fingerprint density at radius 1 is 1.53 bits per heavy atom. The van der Waals surface area contributed by atoms with Gasteiger partial charge in [-0.15, -0.1) is 0 Å². The smallest absolute Gasteiger partial charge is 0.0930 e. The van der Waals surface area contributed by atoms with Crippen LogP contribution in [0.1, 0.15) is 18.4 Å². The first-order valence-corrected chi connectivity index (χ1v) is 7.18. The maximum Gasteiger partial charge on any atom is 0.0930 e. The Labute approximate surface area is 115 Å². The molecule has 2 aliphatic heterocycles. The van der Waals surface area contributed by atoms with Gasteiger partial charge in [0.1, 0.15) is 0 Å². The van der Waals surface area contributed by atoms with Crippen LogP contribution in [0, 0.1) is 5.92 Å². The molecule has 0 amide bonds. The number of hydrogen-bond acceptors (Lipinski definition) is 4. The molecule has 2 fully saturated rings.